The molecule has 6 nitrogen and oxygen atoms in total. The monoisotopic (exact) mass is 1000 g/mol. The van der Waals surface area contributed by atoms with Gasteiger partial charge in [-0.15, -0.1) is 0 Å². The van der Waals surface area contributed by atoms with Crippen molar-refractivity contribution in [3.8, 4) is 0 Å². The van der Waals surface area contributed by atoms with Crippen LogP contribution in [0.1, 0.15) is 284 Å². The maximum absolute atomic E-state index is 12.9. The molecule has 0 aromatic rings. The van der Waals surface area contributed by atoms with Crippen LogP contribution >= 0.6 is 0 Å². The van der Waals surface area contributed by atoms with E-state index in [0.717, 1.165) is 77.0 Å². The van der Waals surface area contributed by atoms with Gasteiger partial charge in [-0.05, 0) is 83.5 Å². The largest absolute Gasteiger partial charge is 0.462 e. The van der Waals surface area contributed by atoms with Gasteiger partial charge in [0.1, 0.15) is 13.2 Å². The van der Waals surface area contributed by atoms with Gasteiger partial charge in [0.2, 0.25) is 0 Å². The maximum atomic E-state index is 12.9. The Hall–Kier alpha value is -3.67. The Morgan fingerprint density at radius 3 is 1.01 bits per heavy atom. The lowest BCUT2D eigenvalue weighted by molar-refractivity contribution is -0.166. The zero-order chi connectivity index (χ0) is 52.2. The molecular formula is C66H112O6. The quantitative estimate of drug-likeness (QED) is 0.0199. The Bertz CT molecular complexity index is 1430. The molecular weight excluding hydrogens is 889 g/mol. The fraction of sp³-hybridized carbons (Fsp3) is 0.712. The van der Waals surface area contributed by atoms with E-state index in [1.807, 2.05) is 6.08 Å². The van der Waals surface area contributed by atoms with Crippen molar-refractivity contribution in [1.82, 2.24) is 0 Å². The van der Waals surface area contributed by atoms with Gasteiger partial charge >= 0.3 is 17.9 Å². The summed E-state index contributed by atoms with van der Waals surface area (Å²) in [5.41, 5.74) is 0. The molecule has 0 radical (unpaired) electrons. The van der Waals surface area contributed by atoms with E-state index in [1.54, 1.807) is 0 Å². The highest BCUT2D eigenvalue weighted by Gasteiger charge is 2.19. The summed E-state index contributed by atoms with van der Waals surface area (Å²) in [5.74, 6) is -0.983. The third kappa shape index (κ3) is 57.2. The normalized spacial score (nSPS) is 12.8. The Morgan fingerprint density at radius 2 is 0.611 bits per heavy atom. The van der Waals surface area contributed by atoms with Gasteiger partial charge < -0.3 is 14.2 Å². The van der Waals surface area contributed by atoms with Crippen LogP contribution in [0.25, 0.3) is 0 Å². The van der Waals surface area contributed by atoms with Crippen LogP contribution in [0.3, 0.4) is 0 Å². The standard InChI is InChI=1S/C66H112O6/c1-4-7-10-13-16-19-22-25-28-31-33-35-38-41-44-47-50-53-56-59-65(68)71-62-63(61-70-64(67)58-55-52-49-46-43-40-37-30-27-24-21-18-15-12-9-6-3)72-66(69)60-57-54-51-48-45-42-39-36-34-32-29-26-23-20-17-14-11-8-5-2/h7,10,16-17,19-20,23,25-26,28,33,35,41,44,50,53,63H,4-6,8-9,11-15,18,21-22,24,27,29-32,34,36-40,42-43,45-49,51-52,54-62H2,1-3H3/b10-7-,19-16-,20-17-,26-23-,28-25-,35-33-,44-41-,53-50-. The fourth-order valence-corrected chi connectivity index (χ4v) is 8.34. The highest BCUT2D eigenvalue weighted by atomic mass is 16.6. The van der Waals surface area contributed by atoms with Crippen LogP contribution in [-0.4, -0.2) is 37.2 Å². The molecule has 0 bridgehead atoms. The lowest BCUT2D eigenvalue weighted by Crippen LogP contribution is -2.30. The number of carbonyl (C=O) groups excluding carboxylic acids is 3. The Morgan fingerprint density at radius 1 is 0.306 bits per heavy atom. The lowest BCUT2D eigenvalue weighted by Gasteiger charge is -2.18. The van der Waals surface area contributed by atoms with Crippen molar-refractivity contribution in [3.63, 3.8) is 0 Å². The van der Waals surface area contributed by atoms with E-state index in [2.05, 4.69) is 112 Å². The predicted molar refractivity (Wildman–Crippen MR) is 311 cm³/mol. The number of hydrogen-bond donors (Lipinski definition) is 0. The van der Waals surface area contributed by atoms with Crippen LogP contribution < -0.4 is 0 Å². The molecule has 1 unspecified atom stereocenters. The van der Waals surface area contributed by atoms with Crippen molar-refractivity contribution in [2.24, 2.45) is 0 Å². The average Bonchev–Trinajstić information content (AvgIpc) is 3.38. The van der Waals surface area contributed by atoms with E-state index in [1.165, 1.54) is 161 Å². The molecule has 0 N–H and O–H groups in total. The van der Waals surface area contributed by atoms with E-state index in [-0.39, 0.29) is 37.5 Å². The Labute approximate surface area is 445 Å². The molecule has 0 spiro atoms. The molecule has 0 aliphatic heterocycles. The van der Waals surface area contributed by atoms with E-state index >= 15 is 0 Å². The zero-order valence-corrected chi connectivity index (χ0v) is 47.2. The van der Waals surface area contributed by atoms with Crippen LogP contribution in [0.5, 0.6) is 0 Å². The third-order valence-electron chi connectivity index (χ3n) is 12.9. The first-order valence-corrected chi connectivity index (χ1v) is 30.3. The van der Waals surface area contributed by atoms with Crippen molar-refractivity contribution >= 4 is 17.9 Å². The van der Waals surface area contributed by atoms with Crippen molar-refractivity contribution in [1.29, 1.82) is 0 Å². The van der Waals surface area contributed by atoms with E-state index in [0.29, 0.717) is 19.3 Å². The summed E-state index contributed by atoms with van der Waals surface area (Å²) in [6.07, 6.45) is 79.8. The number of allylic oxidation sites excluding steroid dienone is 16. The molecule has 0 rings (SSSR count). The van der Waals surface area contributed by atoms with Crippen molar-refractivity contribution in [3.05, 3.63) is 97.2 Å². The SMILES string of the molecule is CC/C=C\C/C=C\C/C=C\C/C=C\C/C=C\C/C=C\CCC(=O)OCC(COC(=O)CCCCCCCCCCCCCCCCCC)OC(=O)CCCCCCCCCCCC/C=C\C=C/CCCCC. The number of hydrogen-bond acceptors (Lipinski definition) is 6. The minimum absolute atomic E-state index is 0.100. The van der Waals surface area contributed by atoms with Crippen LogP contribution in [-0.2, 0) is 28.6 Å². The highest BCUT2D eigenvalue weighted by molar-refractivity contribution is 5.71. The van der Waals surface area contributed by atoms with Gasteiger partial charge in [-0.1, -0.05) is 279 Å². The molecule has 0 amide bonds. The summed E-state index contributed by atoms with van der Waals surface area (Å²) in [6.45, 7) is 6.46. The van der Waals surface area contributed by atoms with Gasteiger partial charge in [0, 0.05) is 19.3 Å². The lowest BCUT2D eigenvalue weighted by atomic mass is 10.0. The number of unbranched alkanes of at least 4 members (excludes halogenated alkanes) is 28. The minimum atomic E-state index is -0.810. The van der Waals surface area contributed by atoms with Gasteiger partial charge in [-0.25, -0.2) is 0 Å². The molecule has 0 saturated heterocycles. The molecule has 72 heavy (non-hydrogen) atoms. The van der Waals surface area contributed by atoms with Crippen LogP contribution in [0.2, 0.25) is 0 Å². The van der Waals surface area contributed by atoms with Crippen LogP contribution in [0, 0.1) is 0 Å². The Kier molecular flexibility index (Phi) is 56.8. The summed E-state index contributed by atoms with van der Waals surface area (Å²) >= 11 is 0. The van der Waals surface area contributed by atoms with Crippen LogP contribution in [0.4, 0.5) is 0 Å². The van der Waals surface area contributed by atoms with Crippen molar-refractivity contribution in [2.75, 3.05) is 13.2 Å². The second kappa shape index (κ2) is 59.9. The topological polar surface area (TPSA) is 78.9 Å². The molecule has 0 aromatic carbocycles. The Balaban J connectivity index is 4.48. The number of carbonyl (C=O) groups is 3. The second-order valence-electron chi connectivity index (χ2n) is 19.9. The number of esters is 3. The summed E-state index contributed by atoms with van der Waals surface area (Å²) in [5, 5.41) is 0. The maximum Gasteiger partial charge on any atom is 0.306 e. The molecule has 0 fully saturated rings. The summed E-state index contributed by atoms with van der Waals surface area (Å²) in [4.78, 5) is 38.2. The first kappa shape index (κ1) is 68.3. The minimum Gasteiger partial charge on any atom is -0.462 e. The van der Waals surface area contributed by atoms with Crippen molar-refractivity contribution < 1.29 is 28.6 Å². The zero-order valence-electron chi connectivity index (χ0n) is 47.2. The van der Waals surface area contributed by atoms with Crippen molar-refractivity contribution in [2.45, 2.75) is 290 Å². The van der Waals surface area contributed by atoms with Gasteiger partial charge in [0.15, 0.2) is 6.10 Å². The summed E-state index contributed by atoms with van der Waals surface area (Å²) in [7, 11) is 0. The van der Waals surface area contributed by atoms with Crippen LogP contribution in [0.15, 0.2) is 97.2 Å². The summed E-state index contributed by atoms with van der Waals surface area (Å²) < 4.78 is 16.8. The van der Waals surface area contributed by atoms with E-state index in [9.17, 15) is 14.4 Å². The first-order chi connectivity index (χ1) is 35.5. The fourth-order valence-electron chi connectivity index (χ4n) is 8.34. The molecule has 412 valence electrons. The van der Waals surface area contributed by atoms with Gasteiger partial charge in [-0.2, -0.15) is 0 Å². The second-order valence-corrected chi connectivity index (χ2v) is 19.9. The smallest absolute Gasteiger partial charge is 0.306 e. The van der Waals surface area contributed by atoms with Gasteiger partial charge in [0.25, 0.3) is 0 Å². The molecule has 0 aromatic heterocycles. The first-order valence-electron chi connectivity index (χ1n) is 30.3. The predicted octanol–water partition coefficient (Wildman–Crippen LogP) is 20.5. The molecule has 0 aliphatic carbocycles. The number of ether oxygens (including phenoxy) is 3. The molecule has 1 atom stereocenters. The third-order valence-corrected chi connectivity index (χ3v) is 12.9. The molecule has 0 aliphatic rings. The molecule has 0 heterocycles. The average molecular weight is 1000 g/mol. The number of rotatable bonds is 54. The summed E-state index contributed by atoms with van der Waals surface area (Å²) in [6, 6.07) is 0. The molecule has 6 heteroatoms. The van der Waals surface area contributed by atoms with Gasteiger partial charge in [-0.3, -0.25) is 14.4 Å². The molecule has 0 saturated carbocycles. The van der Waals surface area contributed by atoms with Gasteiger partial charge in [0.05, 0.1) is 0 Å². The van der Waals surface area contributed by atoms with E-state index < -0.39 is 6.10 Å². The highest BCUT2D eigenvalue weighted by Crippen LogP contribution is 2.16. The van der Waals surface area contributed by atoms with E-state index in [4.69, 9.17) is 14.2 Å².